The Balaban J connectivity index is 1.46. The van der Waals surface area contributed by atoms with Crippen molar-refractivity contribution in [2.75, 3.05) is 39.1 Å². The van der Waals surface area contributed by atoms with Crippen molar-refractivity contribution in [2.24, 2.45) is 0 Å². The fourth-order valence-corrected chi connectivity index (χ4v) is 7.47. The van der Waals surface area contributed by atoms with Gasteiger partial charge in [0.25, 0.3) is 15.9 Å². The summed E-state index contributed by atoms with van der Waals surface area (Å²) in [4.78, 5) is 21.5. The molecule has 3 heterocycles. The molecular formula is C36H39N5O3S. The largest absolute Gasteiger partial charge is 0.370 e. The molecule has 6 rings (SSSR count). The van der Waals surface area contributed by atoms with Crippen molar-refractivity contribution in [3.63, 3.8) is 0 Å². The maximum Gasteiger partial charge on any atom is 0.269 e. The predicted octanol–water partition coefficient (Wildman–Crippen LogP) is 6.11. The molecule has 0 unspecified atom stereocenters. The van der Waals surface area contributed by atoms with Gasteiger partial charge in [0.05, 0.1) is 4.90 Å². The molecule has 1 aliphatic rings. The maximum atomic E-state index is 13.9. The van der Waals surface area contributed by atoms with E-state index in [9.17, 15) is 13.2 Å². The number of carbonyl (C=O) groups excluding carboxylic acids is 1. The van der Waals surface area contributed by atoms with Crippen LogP contribution in [-0.4, -0.2) is 68.5 Å². The number of aryl methyl sites for hydroxylation is 2. The van der Waals surface area contributed by atoms with Crippen molar-refractivity contribution >= 4 is 32.7 Å². The fourth-order valence-electron chi connectivity index (χ4n) is 6.15. The van der Waals surface area contributed by atoms with Crippen molar-refractivity contribution < 1.29 is 13.2 Å². The molecule has 9 heteroatoms. The normalized spacial score (nSPS) is 15.4. The Morgan fingerprint density at radius 3 is 2.31 bits per heavy atom. The van der Waals surface area contributed by atoms with Crippen molar-refractivity contribution in [3.8, 4) is 22.3 Å². The number of anilines is 1. The molecule has 0 spiro atoms. The highest BCUT2D eigenvalue weighted by Gasteiger charge is 2.24. The number of nitrogens with zero attached hydrogens (tertiary/aromatic N) is 4. The molecule has 1 amide bonds. The molecule has 2 aromatic heterocycles. The first-order valence-corrected chi connectivity index (χ1v) is 16.7. The summed E-state index contributed by atoms with van der Waals surface area (Å²) in [7, 11) is 1.53. The van der Waals surface area contributed by atoms with E-state index >= 15 is 0 Å². The molecule has 232 valence electrons. The van der Waals surface area contributed by atoms with Crippen LogP contribution in [0.2, 0.25) is 0 Å². The number of rotatable bonds is 7. The van der Waals surface area contributed by atoms with Gasteiger partial charge in [0.1, 0.15) is 0 Å². The zero-order valence-electron chi connectivity index (χ0n) is 26.4. The predicted molar refractivity (Wildman–Crippen MR) is 181 cm³/mol. The molecule has 5 aromatic rings. The lowest BCUT2D eigenvalue weighted by molar-refractivity contribution is 0.0827. The van der Waals surface area contributed by atoms with Crippen molar-refractivity contribution in [3.05, 3.63) is 102 Å². The molecule has 0 saturated carbocycles. The van der Waals surface area contributed by atoms with E-state index in [0.717, 1.165) is 47.3 Å². The van der Waals surface area contributed by atoms with Crippen LogP contribution in [0, 0.1) is 13.8 Å². The minimum absolute atomic E-state index is 0.0975. The SMILES string of the molecule is CN[C@@H]1CCCN(c2ccc(-c3cnc4c(c3)c(-c3ccc(C(=O)N(C)C)cc3)cn4S(=O)(=O)c3ccc(C)cc3)cc2C)C1. The fraction of sp³-hybridized carbons (Fsp3) is 0.278. The van der Waals surface area contributed by atoms with Crippen LogP contribution >= 0.6 is 0 Å². The maximum absolute atomic E-state index is 13.9. The van der Waals surface area contributed by atoms with Crippen molar-refractivity contribution in [2.45, 2.75) is 37.6 Å². The van der Waals surface area contributed by atoms with E-state index in [1.54, 1.807) is 62.9 Å². The summed E-state index contributed by atoms with van der Waals surface area (Å²) in [6, 6.07) is 23.1. The van der Waals surface area contributed by atoms with E-state index in [1.807, 2.05) is 32.2 Å². The second-order valence-corrected chi connectivity index (χ2v) is 13.9. The monoisotopic (exact) mass is 621 g/mol. The molecule has 0 aliphatic carbocycles. The Labute approximate surface area is 265 Å². The Kier molecular flexibility index (Phi) is 8.24. The summed E-state index contributed by atoms with van der Waals surface area (Å²) >= 11 is 0. The number of hydrogen-bond donors (Lipinski definition) is 1. The molecule has 45 heavy (non-hydrogen) atoms. The number of carbonyl (C=O) groups is 1. The Morgan fingerprint density at radius 2 is 1.64 bits per heavy atom. The second-order valence-electron chi connectivity index (χ2n) is 12.1. The van der Waals surface area contributed by atoms with Gasteiger partial charge in [-0.2, -0.15) is 0 Å². The van der Waals surface area contributed by atoms with Gasteiger partial charge in [0.15, 0.2) is 5.65 Å². The van der Waals surface area contributed by atoms with E-state index in [1.165, 1.54) is 26.5 Å². The molecule has 1 atom stereocenters. The van der Waals surface area contributed by atoms with E-state index in [-0.39, 0.29) is 10.8 Å². The highest BCUT2D eigenvalue weighted by molar-refractivity contribution is 7.90. The van der Waals surface area contributed by atoms with Crippen LogP contribution in [0.5, 0.6) is 0 Å². The van der Waals surface area contributed by atoms with E-state index in [0.29, 0.717) is 22.6 Å². The average Bonchev–Trinajstić information content (AvgIpc) is 3.44. The first kappa shape index (κ1) is 30.6. The van der Waals surface area contributed by atoms with Crippen LogP contribution < -0.4 is 10.2 Å². The Hall–Kier alpha value is -4.47. The van der Waals surface area contributed by atoms with Crippen LogP contribution in [0.15, 0.2) is 90.1 Å². The standard InChI is InChI=1S/C36H39N5O3S/c1-24-8-15-31(16-9-24)45(43,44)41-23-33(26-10-12-27(13-11-26)36(42)39(4)5)32-20-29(21-38-35(32)41)28-14-17-34(25(2)19-28)40-18-6-7-30(22-40)37-3/h8-17,19-21,23,30,37H,6-7,18,22H2,1-5H3/t30-/m1/s1. The summed E-state index contributed by atoms with van der Waals surface area (Å²) in [5.74, 6) is -0.0975. The number of likely N-dealkylation sites (N-methyl/N-ethyl adjacent to an activating group) is 1. The number of pyridine rings is 1. The van der Waals surface area contributed by atoms with E-state index in [2.05, 4.69) is 35.3 Å². The number of aromatic nitrogens is 2. The van der Waals surface area contributed by atoms with E-state index in [4.69, 9.17) is 4.98 Å². The third-order valence-electron chi connectivity index (χ3n) is 8.74. The lowest BCUT2D eigenvalue weighted by Gasteiger charge is -2.35. The lowest BCUT2D eigenvalue weighted by Crippen LogP contribution is -2.44. The third-order valence-corrected chi connectivity index (χ3v) is 10.4. The van der Waals surface area contributed by atoms with Gasteiger partial charge in [-0.25, -0.2) is 17.4 Å². The van der Waals surface area contributed by atoms with Gasteiger partial charge in [-0.3, -0.25) is 4.79 Å². The third kappa shape index (κ3) is 5.85. The number of benzene rings is 3. The smallest absolute Gasteiger partial charge is 0.269 e. The van der Waals surface area contributed by atoms with Crippen LogP contribution in [0.1, 0.15) is 34.3 Å². The van der Waals surface area contributed by atoms with Gasteiger partial charge in [0.2, 0.25) is 0 Å². The minimum atomic E-state index is -3.93. The first-order chi connectivity index (χ1) is 21.6. The van der Waals surface area contributed by atoms with Crippen LogP contribution in [-0.2, 0) is 10.0 Å². The molecule has 3 aromatic carbocycles. The summed E-state index contributed by atoms with van der Waals surface area (Å²) in [6.07, 6.45) is 5.73. The minimum Gasteiger partial charge on any atom is -0.370 e. The first-order valence-electron chi connectivity index (χ1n) is 15.3. The second kappa shape index (κ2) is 12.1. The van der Waals surface area contributed by atoms with Crippen LogP contribution in [0.3, 0.4) is 0 Å². The Bertz CT molecular complexity index is 1980. The number of piperidine rings is 1. The summed E-state index contributed by atoms with van der Waals surface area (Å²) in [6.45, 7) is 6.08. The zero-order valence-corrected chi connectivity index (χ0v) is 27.2. The number of fused-ring (bicyclic) bond motifs is 1. The average molecular weight is 622 g/mol. The molecule has 0 bridgehead atoms. The van der Waals surface area contributed by atoms with Crippen molar-refractivity contribution in [1.82, 2.24) is 19.2 Å². The zero-order chi connectivity index (χ0) is 31.9. The van der Waals surface area contributed by atoms with Gasteiger partial charge in [-0.05, 0) is 92.9 Å². The summed E-state index contributed by atoms with van der Waals surface area (Å²) in [5, 5.41) is 4.13. The highest BCUT2D eigenvalue weighted by atomic mass is 32.2. The molecular weight excluding hydrogens is 582 g/mol. The molecule has 1 fully saturated rings. The molecule has 8 nitrogen and oxygen atoms in total. The number of amides is 1. The number of hydrogen-bond acceptors (Lipinski definition) is 6. The molecule has 0 radical (unpaired) electrons. The van der Waals surface area contributed by atoms with Gasteiger partial charge in [-0.1, -0.05) is 35.9 Å². The van der Waals surface area contributed by atoms with Gasteiger partial charge >= 0.3 is 0 Å². The van der Waals surface area contributed by atoms with Crippen molar-refractivity contribution in [1.29, 1.82) is 0 Å². The highest BCUT2D eigenvalue weighted by Crippen LogP contribution is 2.36. The summed E-state index contributed by atoms with van der Waals surface area (Å²) < 4.78 is 29.1. The topological polar surface area (TPSA) is 87.5 Å². The summed E-state index contributed by atoms with van der Waals surface area (Å²) in [5.41, 5.74) is 7.73. The van der Waals surface area contributed by atoms with E-state index < -0.39 is 10.0 Å². The lowest BCUT2D eigenvalue weighted by atomic mass is 9.98. The molecule has 1 saturated heterocycles. The Morgan fingerprint density at radius 1 is 0.933 bits per heavy atom. The van der Waals surface area contributed by atoms with Gasteiger partial charge < -0.3 is 15.1 Å². The number of nitrogens with one attached hydrogen (secondary N) is 1. The molecule has 1 N–H and O–H groups in total. The van der Waals surface area contributed by atoms with Gasteiger partial charge in [-0.15, -0.1) is 0 Å². The van der Waals surface area contributed by atoms with Gasteiger partial charge in [0, 0.05) is 73.4 Å². The van der Waals surface area contributed by atoms with Crippen LogP contribution in [0.25, 0.3) is 33.3 Å². The quantitative estimate of drug-likeness (QED) is 0.236. The molecule has 1 aliphatic heterocycles. The van der Waals surface area contributed by atoms with Crippen LogP contribution in [0.4, 0.5) is 5.69 Å².